The minimum absolute atomic E-state index is 0.0598. The summed E-state index contributed by atoms with van der Waals surface area (Å²) in [5.41, 5.74) is 12.2. The van der Waals surface area contributed by atoms with Crippen molar-refractivity contribution in [2.75, 3.05) is 23.8 Å². The second-order valence-electron chi connectivity index (χ2n) is 8.96. The summed E-state index contributed by atoms with van der Waals surface area (Å²) in [7, 11) is -13.8. The van der Waals surface area contributed by atoms with Crippen LogP contribution in [0.25, 0.3) is 10.8 Å². The molecule has 0 spiro atoms. The molecule has 0 saturated carbocycles. The van der Waals surface area contributed by atoms with Gasteiger partial charge in [0, 0.05) is 16.5 Å². The Balaban J connectivity index is 1.75. The molecule has 0 aromatic heterocycles. The molecule has 18 nitrogen and oxygen atoms in total. The third kappa shape index (κ3) is 8.58. The maximum Gasteiger partial charge on any atom is 0.296 e. The number of benzene rings is 4. The molecule has 0 aliphatic heterocycles. The molecule has 0 aliphatic carbocycles. The number of azo groups is 2. The largest absolute Gasteiger partial charge is 0.399 e. The van der Waals surface area contributed by atoms with E-state index in [2.05, 4.69) is 29.8 Å². The van der Waals surface area contributed by atoms with E-state index in [0.29, 0.717) is 11.8 Å². The van der Waals surface area contributed by atoms with Gasteiger partial charge in [0.2, 0.25) is 0 Å². The van der Waals surface area contributed by atoms with Crippen molar-refractivity contribution in [1.82, 2.24) is 0 Å². The van der Waals surface area contributed by atoms with Crippen LogP contribution in [0.3, 0.4) is 0 Å². The van der Waals surface area contributed by atoms with Crippen molar-refractivity contribution in [2.24, 2.45) is 20.5 Å². The van der Waals surface area contributed by atoms with E-state index in [1.165, 1.54) is 30.3 Å². The Morgan fingerprint density at radius 3 is 1.89 bits per heavy atom. The van der Waals surface area contributed by atoms with Gasteiger partial charge < -0.3 is 11.5 Å². The molecule has 46 heavy (non-hydrogen) atoms. The number of fused-ring (bicyclic) bond motifs is 1. The van der Waals surface area contributed by atoms with E-state index in [-0.39, 0.29) is 45.8 Å². The van der Waals surface area contributed by atoms with Crippen LogP contribution in [0.4, 0.5) is 34.1 Å². The first kappa shape index (κ1) is 34.8. The second kappa shape index (κ2) is 14.1. The first-order chi connectivity index (χ1) is 21.6. The van der Waals surface area contributed by atoms with Crippen LogP contribution in [-0.4, -0.2) is 52.0 Å². The molecule has 0 bridgehead atoms. The van der Waals surface area contributed by atoms with Gasteiger partial charge in [-0.15, -0.1) is 24.8 Å². The number of anilines is 2. The predicted molar refractivity (Wildman–Crippen MR) is 164 cm³/mol. The van der Waals surface area contributed by atoms with Gasteiger partial charge >= 0.3 is 0 Å². The Bertz CT molecular complexity index is 2180. The van der Waals surface area contributed by atoms with E-state index in [0.717, 1.165) is 24.3 Å². The first-order valence-corrected chi connectivity index (χ1v) is 17.4. The quantitative estimate of drug-likeness (QED) is 0.0229. The number of hydrogen-bond acceptors (Lipinski definition) is 17. The maximum absolute atomic E-state index is 12.7. The molecule has 4 rings (SSSR count). The fourth-order valence-corrected chi connectivity index (χ4v) is 6.48. The molecule has 0 atom stereocenters. The highest BCUT2D eigenvalue weighted by molar-refractivity contribution is 7.91. The predicted octanol–water partition coefficient (Wildman–Crippen LogP) is 5.10. The van der Waals surface area contributed by atoms with Gasteiger partial charge in [-0.25, -0.2) is 13.7 Å². The number of nitrogens with zero attached hydrogens (tertiary/aromatic N) is 4. The van der Waals surface area contributed by atoms with Crippen molar-refractivity contribution in [2.45, 2.75) is 14.7 Å². The summed E-state index contributed by atoms with van der Waals surface area (Å²) in [4.78, 5) is -1.85. The Morgan fingerprint density at radius 1 is 0.674 bits per heavy atom. The highest BCUT2D eigenvalue weighted by Gasteiger charge is 2.22. The maximum atomic E-state index is 12.7. The Morgan fingerprint density at radius 2 is 1.26 bits per heavy atom. The third-order valence-electron chi connectivity index (χ3n) is 5.93. The van der Waals surface area contributed by atoms with Gasteiger partial charge in [0.15, 0.2) is 22.2 Å². The SMILES string of the molecule is Nc1ccc(N=Nc2ccc(N=Nc3ccc(S(=O)(=O)CCOSOOO)cc3S(=O)(=O)O)c3ccc(S(=O)(=O)O)cc23)c(N)c1. The molecule has 0 unspecified atom stereocenters. The fraction of sp³-hybridized carbons (Fsp3) is 0.0833. The number of rotatable bonds is 13. The monoisotopic (exact) mass is 714 g/mol. The summed E-state index contributed by atoms with van der Waals surface area (Å²) in [5, 5.41) is 27.9. The summed E-state index contributed by atoms with van der Waals surface area (Å²) < 4.78 is 101. The van der Waals surface area contributed by atoms with Crippen LogP contribution in [0, 0.1) is 0 Å². The lowest BCUT2D eigenvalue weighted by molar-refractivity contribution is -0.434. The van der Waals surface area contributed by atoms with Crippen LogP contribution < -0.4 is 11.5 Å². The normalized spacial score (nSPS) is 12.8. The van der Waals surface area contributed by atoms with Crippen molar-refractivity contribution in [3.05, 3.63) is 66.7 Å². The first-order valence-electron chi connectivity index (χ1n) is 12.2. The molecule has 0 fully saturated rings. The van der Waals surface area contributed by atoms with Gasteiger partial charge in [0.1, 0.15) is 16.3 Å². The molecule has 0 radical (unpaired) electrons. The van der Waals surface area contributed by atoms with Crippen LogP contribution in [-0.2, 0) is 43.6 Å². The zero-order valence-corrected chi connectivity index (χ0v) is 26.1. The highest BCUT2D eigenvalue weighted by Crippen LogP contribution is 2.38. The van der Waals surface area contributed by atoms with Crippen molar-refractivity contribution in [3.63, 3.8) is 0 Å². The minimum atomic E-state index is -5.02. The summed E-state index contributed by atoms with van der Waals surface area (Å²) >= 11 is 0.147. The smallest absolute Gasteiger partial charge is 0.296 e. The molecule has 244 valence electrons. The van der Waals surface area contributed by atoms with Crippen LogP contribution >= 0.6 is 12.3 Å². The second-order valence-corrected chi connectivity index (χ2v) is 14.4. The molecule has 4 aromatic rings. The van der Waals surface area contributed by atoms with Gasteiger partial charge in [0.25, 0.3) is 20.2 Å². The molecule has 0 heterocycles. The van der Waals surface area contributed by atoms with E-state index >= 15 is 0 Å². The molecule has 0 saturated heterocycles. The lowest BCUT2D eigenvalue weighted by Crippen LogP contribution is -2.12. The average molecular weight is 715 g/mol. The molecular weight excluding hydrogens is 693 g/mol. The van der Waals surface area contributed by atoms with E-state index in [1.807, 2.05) is 0 Å². The molecule has 7 N–H and O–H groups in total. The van der Waals surface area contributed by atoms with Crippen LogP contribution in [0.5, 0.6) is 0 Å². The van der Waals surface area contributed by atoms with Gasteiger partial charge in [-0.05, 0) is 60.7 Å². The van der Waals surface area contributed by atoms with Gasteiger partial charge in [-0.2, -0.15) is 16.8 Å². The Hall–Kier alpha value is -4.10. The van der Waals surface area contributed by atoms with Gasteiger partial charge in [-0.1, -0.05) is 11.1 Å². The van der Waals surface area contributed by atoms with Crippen molar-refractivity contribution in [3.8, 4) is 0 Å². The van der Waals surface area contributed by atoms with E-state index < -0.39 is 62.8 Å². The number of sulfone groups is 1. The molecule has 22 heteroatoms. The molecule has 4 aromatic carbocycles. The Kier molecular flexibility index (Phi) is 10.7. The lowest BCUT2D eigenvalue weighted by atomic mass is 10.1. The van der Waals surface area contributed by atoms with E-state index in [9.17, 15) is 34.4 Å². The molecular formula is C24H22N6O12S4. The highest BCUT2D eigenvalue weighted by atomic mass is 32.2. The standard InChI is InChI=1S/C24H22N6O12S4/c25-14-1-5-22(19(26)11-14)29-28-21-8-7-20(17-4-2-16(12-18(17)21)45(34,35)36)27-30-23-6-3-15(13-24(23)46(37,38)39)44(32,33)10-9-40-43-42-41-31/h1-8,11-13,31H,9-10,25-26H2,(H,34,35,36)(H,37,38,39). The summed E-state index contributed by atoms with van der Waals surface area (Å²) in [6, 6.07) is 13.5. The van der Waals surface area contributed by atoms with Crippen molar-refractivity contribution >= 4 is 87.3 Å². The topological polar surface area (TPSA) is 292 Å². The summed E-state index contributed by atoms with van der Waals surface area (Å²) in [6.45, 7) is -0.450. The fourth-order valence-electron chi connectivity index (χ4n) is 3.82. The average Bonchev–Trinajstić information content (AvgIpc) is 2.98. The molecule has 0 aliphatic rings. The van der Waals surface area contributed by atoms with Crippen LogP contribution in [0.2, 0.25) is 0 Å². The van der Waals surface area contributed by atoms with Gasteiger partial charge in [0.05, 0.1) is 39.2 Å². The third-order valence-corrected chi connectivity index (χ3v) is 9.72. The van der Waals surface area contributed by atoms with Crippen LogP contribution in [0.15, 0.2) is 102 Å². The van der Waals surface area contributed by atoms with E-state index in [1.54, 1.807) is 6.07 Å². The molecule has 0 amide bonds. The lowest BCUT2D eigenvalue weighted by Gasteiger charge is -2.09. The number of nitrogen functional groups attached to an aromatic ring is 2. The minimum Gasteiger partial charge on any atom is -0.399 e. The van der Waals surface area contributed by atoms with Crippen molar-refractivity contribution < 1.29 is 53.2 Å². The van der Waals surface area contributed by atoms with Crippen LogP contribution in [0.1, 0.15) is 0 Å². The Labute approximate surface area is 265 Å². The summed E-state index contributed by atoms with van der Waals surface area (Å²) in [5.74, 6) is -0.646. The zero-order valence-electron chi connectivity index (χ0n) is 22.9. The zero-order chi connectivity index (χ0) is 33.7. The van der Waals surface area contributed by atoms with Gasteiger partial charge in [-0.3, -0.25) is 13.3 Å². The number of hydrogen-bond donors (Lipinski definition) is 5. The van der Waals surface area contributed by atoms with E-state index in [4.69, 9.17) is 20.9 Å². The van der Waals surface area contributed by atoms with Crippen molar-refractivity contribution in [1.29, 1.82) is 0 Å². The summed E-state index contributed by atoms with van der Waals surface area (Å²) in [6.07, 6.45) is 0. The number of nitrogens with two attached hydrogens (primary N) is 2.